The number of ketones is 1. The van der Waals surface area contributed by atoms with E-state index in [9.17, 15) is 28.4 Å². The van der Waals surface area contributed by atoms with Crippen LogP contribution in [0.1, 0.15) is 80.3 Å². The van der Waals surface area contributed by atoms with Crippen molar-refractivity contribution in [1.82, 2.24) is 5.32 Å². The van der Waals surface area contributed by atoms with Crippen molar-refractivity contribution in [3.8, 4) is 6.07 Å². The number of carbonyl (C=O) groups excluding carboxylic acids is 1. The second kappa shape index (κ2) is 13.1. The van der Waals surface area contributed by atoms with Crippen molar-refractivity contribution in [1.29, 1.82) is 5.26 Å². The number of carboxylic acids is 1. The van der Waals surface area contributed by atoms with Crippen LogP contribution >= 0.6 is 15.9 Å². The minimum absolute atomic E-state index is 0.00342. The van der Waals surface area contributed by atoms with Crippen molar-refractivity contribution in [3.63, 3.8) is 0 Å². The molecule has 4 N–H and O–H groups in total. The van der Waals surface area contributed by atoms with E-state index < -0.39 is 21.9 Å². The van der Waals surface area contributed by atoms with Crippen molar-refractivity contribution in [2.45, 2.75) is 65.3 Å². The lowest BCUT2D eigenvalue weighted by molar-refractivity contribution is -0.117. The van der Waals surface area contributed by atoms with Crippen LogP contribution in [0.2, 0.25) is 0 Å². The number of hydrogen-bond donors (Lipinski definition) is 4. The van der Waals surface area contributed by atoms with E-state index in [0.717, 1.165) is 30.5 Å². The molecule has 0 fully saturated rings. The summed E-state index contributed by atoms with van der Waals surface area (Å²) in [5.74, 6) is -1.48. The van der Waals surface area contributed by atoms with Gasteiger partial charge in [-0.1, -0.05) is 32.4 Å². The second-order valence-corrected chi connectivity index (χ2v) is 13.5. The summed E-state index contributed by atoms with van der Waals surface area (Å²) in [6.07, 6.45) is 3.48. The average molecular weight is 656 g/mol. The average Bonchev–Trinajstić information content (AvgIpc) is 2.91. The van der Waals surface area contributed by atoms with Gasteiger partial charge >= 0.3 is 5.97 Å². The minimum atomic E-state index is -3.69. The van der Waals surface area contributed by atoms with Crippen molar-refractivity contribution in [3.05, 3.63) is 80.1 Å². The van der Waals surface area contributed by atoms with Gasteiger partial charge < -0.3 is 15.7 Å². The first-order chi connectivity index (χ1) is 20.0. The van der Waals surface area contributed by atoms with Gasteiger partial charge in [0, 0.05) is 34.4 Å². The predicted octanol–water partition coefficient (Wildman–Crippen LogP) is 6.43. The Bertz CT molecular complexity index is 1610. The van der Waals surface area contributed by atoms with E-state index in [1.54, 1.807) is 25.1 Å². The molecule has 11 heteroatoms. The first-order valence-corrected chi connectivity index (χ1v) is 16.5. The molecule has 0 spiro atoms. The van der Waals surface area contributed by atoms with E-state index in [1.807, 2.05) is 13.0 Å². The number of dihydropyridines is 1. The summed E-state index contributed by atoms with van der Waals surface area (Å²) < 4.78 is 29.1. The summed E-state index contributed by atoms with van der Waals surface area (Å²) in [5, 5.41) is 25.9. The number of sulfonamides is 1. The lowest BCUT2D eigenvalue weighted by Crippen LogP contribution is -2.34. The van der Waals surface area contributed by atoms with Crippen LogP contribution in [0.15, 0.2) is 63.4 Å². The highest BCUT2D eigenvalue weighted by atomic mass is 79.9. The molecular weight excluding hydrogens is 620 g/mol. The van der Waals surface area contributed by atoms with Gasteiger partial charge in [0.15, 0.2) is 5.78 Å². The Kier molecular flexibility index (Phi) is 9.79. The summed E-state index contributed by atoms with van der Waals surface area (Å²) in [7, 11) is -3.69. The molecule has 2 aromatic carbocycles. The number of halogens is 1. The minimum Gasteiger partial charge on any atom is -0.478 e. The number of Topliss-reactive ketones (excluding diaryl/α,β-unsaturated/α-hetero) is 1. The van der Waals surface area contributed by atoms with Gasteiger partial charge in [0.1, 0.15) is 0 Å². The van der Waals surface area contributed by atoms with Gasteiger partial charge in [-0.2, -0.15) is 5.26 Å². The zero-order valence-electron chi connectivity index (χ0n) is 23.9. The van der Waals surface area contributed by atoms with Gasteiger partial charge in [0.25, 0.3) is 0 Å². The SMILES string of the molecule is CCCC1CC(=O)C2=C(C1)NC(C)=C(C#N)C2c1cc(Br)c(NCc2ccc(C(=O)O)cc2)c(NS(=O)(=O)CCC)c1. The van der Waals surface area contributed by atoms with E-state index in [2.05, 4.69) is 44.3 Å². The number of aromatic carboxylic acids is 1. The van der Waals surface area contributed by atoms with Gasteiger partial charge in [-0.05, 0) is 83.4 Å². The maximum atomic E-state index is 13.5. The molecule has 0 saturated heterocycles. The standard InChI is InChI=1S/C31H35BrN4O5S/c1-4-6-20-12-25-29(27(37)13-20)28(23(16-33)18(3)35-25)22-14-24(32)30(26(15-22)36-42(40,41)11-5-2)34-17-19-7-9-21(10-8-19)31(38)39/h7-10,14-15,20,28,34-36H,4-6,11-13,17H2,1-3H3,(H,38,39). The molecule has 2 aliphatic rings. The molecule has 0 aromatic heterocycles. The number of nitriles is 1. The van der Waals surface area contributed by atoms with Crippen LogP contribution in [0, 0.1) is 17.2 Å². The van der Waals surface area contributed by atoms with Gasteiger partial charge in [-0.3, -0.25) is 9.52 Å². The second-order valence-electron chi connectivity index (χ2n) is 10.8. The Balaban J connectivity index is 1.79. The molecule has 1 heterocycles. The Morgan fingerprint density at radius 3 is 2.50 bits per heavy atom. The topological polar surface area (TPSA) is 148 Å². The molecule has 4 rings (SSSR count). The normalized spacial score (nSPS) is 18.7. The fourth-order valence-corrected chi connectivity index (χ4v) is 7.46. The number of carbonyl (C=O) groups is 2. The zero-order chi connectivity index (χ0) is 30.6. The molecular formula is C31H35BrN4O5S. The third kappa shape index (κ3) is 6.88. The molecule has 0 saturated carbocycles. The molecule has 9 nitrogen and oxygen atoms in total. The number of anilines is 2. The Morgan fingerprint density at radius 2 is 1.88 bits per heavy atom. The highest BCUT2D eigenvalue weighted by molar-refractivity contribution is 9.10. The number of nitrogens with zero attached hydrogens (tertiary/aromatic N) is 1. The van der Waals surface area contributed by atoms with Crippen LogP contribution in [0.3, 0.4) is 0 Å². The number of allylic oxidation sites excluding steroid dienone is 4. The van der Waals surface area contributed by atoms with Gasteiger partial charge in [0.2, 0.25) is 10.0 Å². The van der Waals surface area contributed by atoms with Crippen LogP contribution in [0.4, 0.5) is 11.4 Å². The molecule has 2 unspecified atom stereocenters. The highest BCUT2D eigenvalue weighted by Crippen LogP contribution is 2.46. The van der Waals surface area contributed by atoms with E-state index in [1.165, 1.54) is 12.1 Å². The number of carboxylic acid groups (broad SMARTS) is 1. The third-order valence-electron chi connectivity index (χ3n) is 7.58. The summed E-state index contributed by atoms with van der Waals surface area (Å²) in [4.78, 5) is 24.7. The molecule has 1 aliphatic heterocycles. The van der Waals surface area contributed by atoms with Crippen molar-refractivity contribution in [2.24, 2.45) is 5.92 Å². The van der Waals surface area contributed by atoms with E-state index in [4.69, 9.17) is 0 Å². The molecule has 2 aromatic rings. The maximum absolute atomic E-state index is 13.5. The van der Waals surface area contributed by atoms with E-state index in [0.29, 0.717) is 52.0 Å². The van der Waals surface area contributed by atoms with Gasteiger partial charge in [-0.25, -0.2) is 13.2 Å². The first kappa shape index (κ1) is 31.3. The molecule has 2 atom stereocenters. The van der Waals surface area contributed by atoms with Crippen LogP contribution in [0.25, 0.3) is 0 Å². The molecule has 222 valence electrons. The van der Waals surface area contributed by atoms with Crippen LogP contribution in [-0.2, 0) is 21.4 Å². The Morgan fingerprint density at radius 1 is 1.17 bits per heavy atom. The Labute approximate surface area is 255 Å². The predicted molar refractivity (Wildman–Crippen MR) is 166 cm³/mol. The van der Waals surface area contributed by atoms with Crippen molar-refractivity contribution < 1.29 is 23.1 Å². The fourth-order valence-electron chi connectivity index (χ4n) is 5.71. The molecule has 0 bridgehead atoms. The van der Waals surface area contributed by atoms with Gasteiger partial charge in [-0.15, -0.1) is 0 Å². The molecule has 1 aliphatic carbocycles. The maximum Gasteiger partial charge on any atom is 0.335 e. The van der Waals surface area contributed by atoms with Crippen LogP contribution < -0.4 is 15.4 Å². The largest absolute Gasteiger partial charge is 0.478 e. The summed E-state index contributed by atoms with van der Waals surface area (Å²) >= 11 is 3.62. The molecule has 0 amide bonds. The quantitative estimate of drug-likeness (QED) is 0.217. The van der Waals surface area contributed by atoms with E-state index in [-0.39, 0.29) is 28.7 Å². The lowest BCUT2D eigenvalue weighted by atomic mass is 9.72. The first-order valence-electron chi connectivity index (χ1n) is 14.0. The van der Waals surface area contributed by atoms with Crippen LogP contribution in [-0.4, -0.2) is 31.0 Å². The Hall–Kier alpha value is -3.62. The van der Waals surface area contributed by atoms with E-state index >= 15 is 0 Å². The third-order valence-corrected chi connectivity index (χ3v) is 9.69. The number of benzene rings is 2. The summed E-state index contributed by atoms with van der Waals surface area (Å²) in [6.45, 7) is 6.00. The lowest BCUT2D eigenvalue weighted by Gasteiger charge is -2.36. The fraction of sp³-hybridized carbons (Fsp3) is 0.387. The smallest absolute Gasteiger partial charge is 0.335 e. The summed E-state index contributed by atoms with van der Waals surface area (Å²) in [5.41, 5.74) is 4.87. The van der Waals surface area contributed by atoms with Crippen LogP contribution in [0.5, 0.6) is 0 Å². The van der Waals surface area contributed by atoms with Gasteiger partial charge in [0.05, 0.1) is 40.3 Å². The number of hydrogen-bond acceptors (Lipinski definition) is 7. The monoisotopic (exact) mass is 654 g/mol. The van der Waals surface area contributed by atoms with Crippen molar-refractivity contribution in [2.75, 3.05) is 15.8 Å². The highest BCUT2D eigenvalue weighted by Gasteiger charge is 2.39. The number of rotatable bonds is 11. The molecule has 42 heavy (non-hydrogen) atoms. The molecule has 0 radical (unpaired) electrons. The zero-order valence-corrected chi connectivity index (χ0v) is 26.3. The summed E-state index contributed by atoms with van der Waals surface area (Å²) in [6, 6.07) is 12.2. The number of nitrogens with one attached hydrogen (secondary N) is 3. The van der Waals surface area contributed by atoms with Crippen molar-refractivity contribution >= 4 is 49.1 Å².